The first kappa shape index (κ1) is 16.0. The fraction of sp³-hybridized carbons (Fsp3) is 0.611. The standard InChI is InChI=1S/C18H24N2O3/c1-22-16-7-6-14(18(20-13-21)8-2-3-9-18)11-17(16)23-15-5-4-10-19-12-15/h6-7,11,15,19H,2-5,8-10,12H2,1H3. The number of ether oxygens (including phenoxy) is 2. The van der Waals surface area contributed by atoms with Crippen LogP contribution in [0.25, 0.3) is 0 Å². The Labute approximate surface area is 137 Å². The molecule has 5 nitrogen and oxygen atoms in total. The topological polar surface area (TPSA) is 59.9 Å². The van der Waals surface area contributed by atoms with Gasteiger partial charge >= 0.3 is 0 Å². The molecule has 0 amide bonds. The molecule has 1 N–H and O–H groups in total. The van der Waals surface area contributed by atoms with Crippen molar-refractivity contribution in [3.63, 3.8) is 0 Å². The highest BCUT2D eigenvalue weighted by molar-refractivity contribution is 5.47. The summed E-state index contributed by atoms with van der Waals surface area (Å²) in [5.41, 5.74) is 0.592. The van der Waals surface area contributed by atoms with Crippen LogP contribution in [0.4, 0.5) is 0 Å². The van der Waals surface area contributed by atoms with Crippen LogP contribution in [0.3, 0.4) is 0 Å². The highest BCUT2D eigenvalue weighted by Crippen LogP contribution is 2.44. The lowest BCUT2D eigenvalue weighted by molar-refractivity contribution is 0.161. The van der Waals surface area contributed by atoms with Crippen LogP contribution in [0, 0.1) is 0 Å². The average Bonchev–Trinajstić information content (AvgIpc) is 3.06. The van der Waals surface area contributed by atoms with E-state index in [1.807, 2.05) is 18.2 Å². The number of benzene rings is 1. The largest absolute Gasteiger partial charge is 0.493 e. The van der Waals surface area contributed by atoms with Crippen molar-refractivity contribution >= 4 is 6.08 Å². The van der Waals surface area contributed by atoms with Gasteiger partial charge in [-0.2, -0.15) is 4.99 Å². The van der Waals surface area contributed by atoms with Crippen molar-refractivity contribution in [1.29, 1.82) is 0 Å². The molecule has 2 aliphatic rings. The van der Waals surface area contributed by atoms with Crippen molar-refractivity contribution in [2.45, 2.75) is 50.2 Å². The molecular weight excluding hydrogens is 292 g/mol. The zero-order chi connectivity index (χ0) is 16.1. The first-order valence-corrected chi connectivity index (χ1v) is 8.42. The molecule has 1 aromatic rings. The number of carbonyl (C=O) groups excluding carboxylic acids is 1. The lowest BCUT2D eigenvalue weighted by Crippen LogP contribution is -2.37. The number of hydrogen-bond donors (Lipinski definition) is 1. The lowest BCUT2D eigenvalue weighted by atomic mass is 9.88. The molecule has 124 valence electrons. The Morgan fingerprint density at radius 2 is 2.09 bits per heavy atom. The summed E-state index contributed by atoms with van der Waals surface area (Å²) in [6, 6.07) is 5.91. The molecule has 3 rings (SSSR count). The molecule has 1 aliphatic heterocycles. The third-order valence-electron chi connectivity index (χ3n) is 4.94. The molecule has 1 saturated carbocycles. The molecule has 1 saturated heterocycles. The van der Waals surface area contributed by atoms with Crippen LogP contribution in [0.2, 0.25) is 0 Å². The van der Waals surface area contributed by atoms with Crippen molar-refractivity contribution in [3.8, 4) is 11.5 Å². The molecule has 0 spiro atoms. The van der Waals surface area contributed by atoms with Gasteiger partial charge in [0.1, 0.15) is 6.10 Å². The molecule has 1 heterocycles. The Kier molecular flexibility index (Phi) is 4.99. The summed E-state index contributed by atoms with van der Waals surface area (Å²) in [7, 11) is 1.65. The van der Waals surface area contributed by atoms with Gasteiger partial charge in [0, 0.05) is 6.54 Å². The number of rotatable bonds is 5. The maximum atomic E-state index is 10.9. The van der Waals surface area contributed by atoms with E-state index in [0.717, 1.165) is 68.7 Å². The van der Waals surface area contributed by atoms with Crippen molar-refractivity contribution in [2.24, 2.45) is 4.99 Å². The quantitative estimate of drug-likeness (QED) is 0.670. The van der Waals surface area contributed by atoms with Gasteiger partial charge in [-0.15, -0.1) is 0 Å². The summed E-state index contributed by atoms with van der Waals surface area (Å²) in [6.07, 6.45) is 8.03. The number of nitrogens with one attached hydrogen (secondary N) is 1. The lowest BCUT2D eigenvalue weighted by Gasteiger charge is -2.27. The Balaban J connectivity index is 1.90. The van der Waals surface area contributed by atoms with Crippen LogP contribution in [-0.4, -0.2) is 32.4 Å². The molecule has 1 atom stereocenters. The van der Waals surface area contributed by atoms with E-state index < -0.39 is 5.54 Å². The number of methoxy groups -OCH3 is 1. The molecule has 1 unspecified atom stereocenters. The maximum Gasteiger partial charge on any atom is 0.235 e. The van der Waals surface area contributed by atoms with Crippen molar-refractivity contribution in [3.05, 3.63) is 23.8 Å². The van der Waals surface area contributed by atoms with E-state index in [0.29, 0.717) is 0 Å². The Bertz CT molecular complexity index is 584. The van der Waals surface area contributed by atoms with E-state index in [2.05, 4.69) is 10.3 Å². The summed E-state index contributed by atoms with van der Waals surface area (Å²) in [6.45, 7) is 1.90. The molecule has 2 fully saturated rings. The van der Waals surface area contributed by atoms with Crippen molar-refractivity contribution < 1.29 is 14.3 Å². The van der Waals surface area contributed by atoms with E-state index in [4.69, 9.17) is 9.47 Å². The minimum absolute atomic E-state index is 0.155. The molecule has 5 heteroatoms. The highest BCUT2D eigenvalue weighted by atomic mass is 16.5. The van der Waals surface area contributed by atoms with E-state index in [9.17, 15) is 4.79 Å². The van der Waals surface area contributed by atoms with Crippen LogP contribution >= 0.6 is 0 Å². The second-order valence-electron chi connectivity index (χ2n) is 6.39. The molecule has 0 radical (unpaired) electrons. The monoisotopic (exact) mass is 316 g/mol. The first-order valence-electron chi connectivity index (χ1n) is 8.42. The number of isocyanates is 1. The van der Waals surface area contributed by atoms with Gasteiger partial charge in [0.2, 0.25) is 6.08 Å². The average molecular weight is 316 g/mol. The summed E-state index contributed by atoms with van der Waals surface area (Å²) in [4.78, 5) is 15.1. The number of nitrogens with zero attached hydrogens (tertiary/aromatic N) is 1. The zero-order valence-corrected chi connectivity index (χ0v) is 13.6. The van der Waals surface area contributed by atoms with Gasteiger partial charge in [-0.1, -0.05) is 18.9 Å². The Hall–Kier alpha value is -1.84. The third kappa shape index (κ3) is 3.41. The number of piperidine rings is 1. The van der Waals surface area contributed by atoms with E-state index in [-0.39, 0.29) is 6.10 Å². The molecule has 1 aromatic carbocycles. The summed E-state index contributed by atoms with van der Waals surface area (Å²) in [5.74, 6) is 1.47. The second-order valence-corrected chi connectivity index (χ2v) is 6.39. The Morgan fingerprint density at radius 3 is 2.74 bits per heavy atom. The van der Waals surface area contributed by atoms with Gasteiger partial charge < -0.3 is 14.8 Å². The maximum absolute atomic E-state index is 10.9. The fourth-order valence-corrected chi connectivity index (χ4v) is 3.67. The van der Waals surface area contributed by atoms with Crippen LogP contribution in [0.5, 0.6) is 11.5 Å². The zero-order valence-electron chi connectivity index (χ0n) is 13.6. The second kappa shape index (κ2) is 7.16. The smallest absolute Gasteiger partial charge is 0.235 e. The number of aliphatic imine (C=N–C) groups is 1. The normalized spacial score (nSPS) is 23.1. The van der Waals surface area contributed by atoms with E-state index >= 15 is 0 Å². The SMILES string of the molecule is COc1ccc(C2(N=C=O)CCCC2)cc1OC1CCCNC1. The van der Waals surface area contributed by atoms with Crippen LogP contribution < -0.4 is 14.8 Å². The van der Waals surface area contributed by atoms with Gasteiger partial charge in [-0.3, -0.25) is 0 Å². The van der Waals surface area contributed by atoms with Crippen molar-refractivity contribution in [1.82, 2.24) is 5.32 Å². The molecule has 1 aliphatic carbocycles. The summed E-state index contributed by atoms with van der Waals surface area (Å²) >= 11 is 0. The molecule has 0 bridgehead atoms. The molecular formula is C18H24N2O3. The highest BCUT2D eigenvalue weighted by Gasteiger charge is 2.36. The van der Waals surface area contributed by atoms with Gasteiger partial charge in [-0.25, -0.2) is 4.79 Å². The summed E-state index contributed by atoms with van der Waals surface area (Å²) in [5, 5.41) is 3.35. The first-order chi connectivity index (χ1) is 11.3. The van der Waals surface area contributed by atoms with E-state index in [1.165, 1.54) is 0 Å². The van der Waals surface area contributed by atoms with E-state index in [1.54, 1.807) is 13.2 Å². The van der Waals surface area contributed by atoms with Gasteiger partial charge in [0.15, 0.2) is 11.5 Å². The van der Waals surface area contributed by atoms with Crippen LogP contribution in [0.15, 0.2) is 23.2 Å². The molecule has 0 aromatic heterocycles. The minimum Gasteiger partial charge on any atom is -0.493 e. The fourth-order valence-electron chi connectivity index (χ4n) is 3.67. The minimum atomic E-state index is -0.434. The predicted octanol–water partition coefficient (Wildman–Crippen LogP) is 2.93. The van der Waals surface area contributed by atoms with Gasteiger partial charge in [-0.05, 0) is 49.9 Å². The third-order valence-corrected chi connectivity index (χ3v) is 4.94. The predicted molar refractivity (Wildman–Crippen MR) is 87.8 cm³/mol. The van der Waals surface area contributed by atoms with Crippen molar-refractivity contribution in [2.75, 3.05) is 20.2 Å². The van der Waals surface area contributed by atoms with Gasteiger partial charge in [0.05, 0.1) is 12.6 Å². The molecule has 23 heavy (non-hydrogen) atoms. The van der Waals surface area contributed by atoms with Gasteiger partial charge in [0.25, 0.3) is 0 Å². The van der Waals surface area contributed by atoms with Crippen LogP contribution in [-0.2, 0) is 10.3 Å². The summed E-state index contributed by atoms with van der Waals surface area (Å²) < 4.78 is 11.6. The number of hydrogen-bond acceptors (Lipinski definition) is 5. The van der Waals surface area contributed by atoms with Crippen LogP contribution in [0.1, 0.15) is 44.1 Å². The Morgan fingerprint density at radius 1 is 1.26 bits per heavy atom.